The molecule has 2 heterocycles. The molecule has 1 N–H and O–H groups in total. The minimum atomic E-state index is -0.143. The lowest BCUT2D eigenvalue weighted by Gasteiger charge is -2.12. The molecule has 0 unspecified atom stereocenters. The number of β-amino-alcohol motifs (C(OH)–C–C–N with tert-alkyl or cyclic N) is 1. The van der Waals surface area contributed by atoms with Crippen LogP contribution in [0.1, 0.15) is 17.7 Å². The molecule has 1 aliphatic rings. The van der Waals surface area contributed by atoms with Gasteiger partial charge in [0.1, 0.15) is 5.76 Å². The molecule has 3 nitrogen and oxygen atoms in total. The van der Waals surface area contributed by atoms with Gasteiger partial charge in [-0.15, -0.1) is 0 Å². The van der Waals surface area contributed by atoms with Gasteiger partial charge < -0.3 is 9.52 Å². The van der Waals surface area contributed by atoms with Gasteiger partial charge in [-0.2, -0.15) is 0 Å². The molecule has 0 aliphatic carbocycles. The van der Waals surface area contributed by atoms with E-state index in [0.29, 0.717) is 0 Å². The van der Waals surface area contributed by atoms with Gasteiger partial charge in [0, 0.05) is 13.1 Å². The van der Waals surface area contributed by atoms with Crippen molar-refractivity contribution in [3.63, 3.8) is 0 Å². The first-order valence-corrected chi connectivity index (χ1v) is 4.69. The highest BCUT2D eigenvalue weighted by Crippen LogP contribution is 2.16. The maximum absolute atomic E-state index is 9.33. The number of aliphatic hydroxyl groups is 1. The molecule has 2 rings (SSSR count). The number of rotatable bonds is 2. The zero-order chi connectivity index (χ0) is 9.26. The van der Waals surface area contributed by atoms with Gasteiger partial charge in [0.05, 0.1) is 18.9 Å². The second-order valence-electron chi connectivity index (χ2n) is 3.70. The molecule has 1 fully saturated rings. The van der Waals surface area contributed by atoms with Gasteiger partial charge >= 0.3 is 0 Å². The van der Waals surface area contributed by atoms with Crippen LogP contribution >= 0.6 is 0 Å². The number of furan rings is 1. The van der Waals surface area contributed by atoms with E-state index >= 15 is 0 Å². The predicted octanol–water partition coefficient (Wildman–Crippen LogP) is 1.15. The van der Waals surface area contributed by atoms with Crippen molar-refractivity contribution in [1.29, 1.82) is 0 Å². The summed E-state index contributed by atoms with van der Waals surface area (Å²) in [6.45, 7) is 4.63. The summed E-state index contributed by atoms with van der Waals surface area (Å²) >= 11 is 0. The van der Waals surface area contributed by atoms with Crippen LogP contribution in [-0.2, 0) is 6.54 Å². The molecule has 1 aliphatic heterocycles. The average molecular weight is 181 g/mol. The first kappa shape index (κ1) is 8.78. The second-order valence-corrected chi connectivity index (χ2v) is 3.70. The quantitative estimate of drug-likeness (QED) is 0.743. The first-order valence-electron chi connectivity index (χ1n) is 4.69. The van der Waals surface area contributed by atoms with Crippen LogP contribution in [0.5, 0.6) is 0 Å². The monoisotopic (exact) mass is 181 g/mol. The van der Waals surface area contributed by atoms with Gasteiger partial charge in [0.2, 0.25) is 0 Å². The first-order chi connectivity index (χ1) is 6.25. The summed E-state index contributed by atoms with van der Waals surface area (Å²) < 4.78 is 5.34. The van der Waals surface area contributed by atoms with Crippen LogP contribution in [0.25, 0.3) is 0 Å². The van der Waals surface area contributed by atoms with Crippen molar-refractivity contribution in [2.75, 3.05) is 13.1 Å². The summed E-state index contributed by atoms with van der Waals surface area (Å²) in [7, 11) is 0. The van der Waals surface area contributed by atoms with Gasteiger partial charge in [0.25, 0.3) is 0 Å². The Morgan fingerprint density at radius 2 is 2.54 bits per heavy atom. The summed E-state index contributed by atoms with van der Waals surface area (Å²) in [5, 5.41) is 9.33. The zero-order valence-corrected chi connectivity index (χ0v) is 7.86. The standard InChI is InChI=1S/C10H15NO2/c1-8-3-5-13-10(8)7-11-4-2-9(12)6-11/h3,5,9,12H,2,4,6-7H2,1H3/t9-/m1/s1. The lowest BCUT2D eigenvalue weighted by atomic mass is 10.3. The predicted molar refractivity (Wildman–Crippen MR) is 49.3 cm³/mol. The van der Waals surface area contributed by atoms with Gasteiger partial charge in [-0.3, -0.25) is 4.90 Å². The smallest absolute Gasteiger partial charge is 0.120 e. The van der Waals surface area contributed by atoms with Crippen molar-refractivity contribution in [3.8, 4) is 0 Å². The molecule has 0 spiro atoms. The Bertz CT molecular complexity index is 282. The normalized spacial score (nSPS) is 24.0. The molecule has 1 saturated heterocycles. The van der Waals surface area contributed by atoms with Crippen molar-refractivity contribution in [2.24, 2.45) is 0 Å². The van der Waals surface area contributed by atoms with Crippen LogP contribution in [0.15, 0.2) is 16.7 Å². The highest BCUT2D eigenvalue weighted by atomic mass is 16.3. The third kappa shape index (κ3) is 1.92. The zero-order valence-electron chi connectivity index (χ0n) is 7.86. The minimum Gasteiger partial charge on any atom is -0.468 e. The summed E-state index contributed by atoms with van der Waals surface area (Å²) in [5.74, 6) is 1.02. The molecule has 0 saturated carbocycles. The summed E-state index contributed by atoms with van der Waals surface area (Å²) in [6, 6.07) is 1.97. The van der Waals surface area contributed by atoms with E-state index in [1.54, 1.807) is 6.26 Å². The van der Waals surface area contributed by atoms with Crippen LogP contribution in [0.2, 0.25) is 0 Å². The molecule has 13 heavy (non-hydrogen) atoms. The molecule has 1 atom stereocenters. The maximum Gasteiger partial charge on any atom is 0.120 e. The van der Waals surface area contributed by atoms with Crippen LogP contribution < -0.4 is 0 Å². The number of aryl methyl sites for hydroxylation is 1. The van der Waals surface area contributed by atoms with Crippen molar-refractivity contribution < 1.29 is 9.52 Å². The van der Waals surface area contributed by atoms with E-state index in [9.17, 15) is 5.11 Å². The molecule has 0 radical (unpaired) electrons. The topological polar surface area (TPSA) is 36.6 Å². The minimum absolute atomic E-state index is 0.143. The van der Waals surface area contributed by atoms with Crippen molar-refractivity contribution >= 4 is 0 Å². The molecule has 1 aromatic heterocycles. The Balaban J connectivity index is 1.95. The fourth-order valence-corrected chi connectivity index (χ4v) is 1.72. The van der Waals surface area contributed by atoms with E-state index in [2.05, 4.69) is 4.90 Å². The Labute approximate surface area is 78.0 Å². The fourth-order valence-electron chi connectivity index (χ4n) is 1.72. The van der Waals surface area contributed by atoms with E-state index in [1.165, 1.54) is 5.56 Å². The van der Waals surface area contributed by atoms with Crippen molar-refractivity contribution in [3.05, 3.63) is 23.7 Å². The number of hydrogen-bond donors (Lipinski definition) is 1. The van der Waals surface area contributed by atoms with Crippen LogP contribution in [0, 0.1) is 6.92 Å². The van der Waals surface area contributed by atoms with Crippen molar-refractivity contribution in [2.45, 2.75) is 26.0 Å². The molecule has 72 valence electrons. The molecule has 3 heteroatoms. The lowest BCUT2D eigenvalue weighted by molar-refractivity contribution is 0.172. The van der Waals surface area contributed by atoms with Gasteiger partial charge in [0.15, 0.2) is 0 Å². The van der Waals surface area contributed by atoms with E-state index in [0.717, 1.165) is 31.8 Å². The number of hydrogen-bond acceptors (Lipinski definition) is 3. The summed E-state index contributed by atoms with van der Waals surface area (Å²) in [5.41, 5.74) is 1.20. The second kappa shape index (κ2) is 3.52. The fraction of sp³-hybridized carbons (Fsp3) is 0.600. The Morgan fingerprint density at radius 3 is 3.08 bits per heavy atom. The van der Waals surface area contributed by atoms with Gasteiger partial charge in [-0.05, 0) is 25.0 Å². The highest BCUT2D eigenvalue weighted by molar-refractivity contribution is 5.14. The van der Waals surface area contributed by atoms with Crippen LogP contribution in [0.4, 0.5) is 0 Å². The van der Waals surface area contributed by atoms with Gasteiger partial charge in [-0.25, -0.2) is 0 Å². The molecule has 0 amide bonds. The third-order valence-electron chi connectivity index (χ3n) is 2.58. The molecular weight excluding hydrogens is 166 g/mol. The Morgan fingerprint density at radius 1 is 1.69 bits per heavy atom. The average Bonchev–Trinajstić information content (AvgIpc) is 2.64. The van der Waals surface area contributed by atoms with Crippen molar-refractivity contribution in [1.82, 2.24) is 4.90 Å². The molecule has 0 aromatic carbocycles. The number of aliphatic hydroxyl groups excluding tert-OH is 1. The highest BCUT2D eigenvalue weighted by Gasteiger charge is 2.21. The summed E-state index contributed by atoms with van der Waals surface area (Å²) in [6.07, 6.45) is 2.46. The van der Waals surface area contributed by atoms with Gasteiger partial charge in [-0.1, -0.05) is 0 Å². The largest absolute Gasteiger partial charge is 0.468 e. The maximum atomic E-state index is 9.33. The van der Waals surface area contributed by atoms with E-state index < -0.39 is 0 Å². The Hall–Kier alpha value is -0.800. The molecule has 1 aromatic rings. The van der Waals surface area contributed by atoms with Crippen LogP contribution in [0.3, 0.4) is 0 Å². The van der Waals surface area contributed by atoms with E-state index in [-0.39, 0.29) is 6.10 Å². The van der Waals surface area contributed by atoms with E-state index in [4.69, 9.17) is 4.42 Å². The number of nitrogens with zero attached hydrogens (tertiary/aromatic N) is 1. The Kier molecular flexibility index (Phi) is 2.38. The summed E-state index contributed by atoms with van der Waals surface area (Å²) in [4.78, 5) is 2.22. The third-order valence-corrected chi connectivity index (χ3v) is 2.58. The van der Waals surface area contributed by atoms with Crippen LogP contribution in [-0.4, -0.2) is 29.2 Å². The number of likely N-dealkylation sites (tertiary alicyclic amines) is 1. The SMILES string of the molecule is Cc1ccoc1CN1CC[C@@H](O)C1. The molecular formula is C10H15NO2. The lowest BCUT2D eigenvalue weighted by Crippen LogP contribution is -2.21. The molecule has 0 bridgehead atoms. The van der Waals surface area contributed by atoms with E-state index in [1.807, 2.05) is 13.0 Å².